The first-order chi connectivity index (χ1) is 7.54. The van der Waals surface area contributed by atoms with E-state index in [0.717, 1.165) is 39.0 Å². The Morgan fingerprint density at radius 1 is 0.750 bits per heavy atom. The molecule has 0 rings (SSSR count). The Balaban J connectivity index is 0. The minimum atomic E-state index is 0.599. The second kappa shape index (κ2) is 14.8. The summed E-state index contributed by atoms with van der Waals surface area (Å²) in [6.07, 6.45) is 2.16. The van der Waals surface area contributed by atoms with Gasteiger partial charge in [-0.05, 0) is 39.0 Å². The van der Waals surface area contributed by atoms with E-state index >= 15 is 0 Å². The summed E-state index contributed by atoms with van der Waals surface area (Å²) >= 11 is 0. The SMILES string of the molecule is CC(C)NCCCN.CC(C)NCCCN. The second-order valence-electron chi connectivity index (χ2n) is 4.50. The van der Waals surface area contributed by atoms with Crippen LogP contribution in [0, 0.1) is 0 Å². The molecule has 4 nitrogen and oxygen atoms in total. The van der Waals surface area contributed by atoms with Crippen molar-refractivity contribution in [2.45, 2.75) is 52.6 Å². The van der Waals surface area contributed by atoms with E-state index in [0.29, 0.717) is 12.1 Å². The van der Waals surface area contributed by atoms with Crippen LogP contribution in [0.1, 0.15) is 40.5 Å². The first-order valence-electron chi connectivity index (χ1n) is 6.41. The predicted octanol–water partition coefficient (Wildman–Crippen LogP) is 0.666. The van der Waals surface area contributed by atoms with Crippen LogP contribution < -0.4 is 22.1 Å². The van der Waals surface area contributed by atoms with E-state index in [-0.39, 0.29) is 0 Å². The summed E-state index contributed by atoms with van der Waals surface area (Å²) in [5.74, 6) is 0. The minimum absolute atomic E-state index is 0.599. The Morgan fingerprint density at radius 3 is 1.25 bits per heavy atom. The third-order valence-electron chi connectivity index (χ3n) is 1.87. The van der Waals surface area contributed by atoms with Crippen LogP contribution in [0.25, 0.3) is 0 Å². The molecule has 0 atom stereocenters. The molecule has 0 aliphatic carbocycles. The lowest BCUT2D eigenvalue weighted by Crippen LogP contribution is -2.25. The van der Waals surface area contributed by atoms with Crippen LogP contribution in [-0.2, 0) is 0 Å². The van der Waals surface area contributed by atoms with Gasteiger partial charge in [0.2, 0.25) is 0 Å². The largest absolute Gasteiger partial charge is 0.330 e. The molecule has 0 fully saturated rings. The van der Waals surface area contributed by atoms with Crippen LogP contribution in [0.5, 0.6) is 0 Å². The average Bonchev–Trinajstić information content (AvgIpc) is 2.18. The molecule has 0 radical (unpaired) electrons. The van der Waals surface area contributed by atoms with Gasteiger partial charge in [0.05, 0.1) is 0 Å². The standard InChI is InChI=1S/2C6H16N2/c2*1-6(2)8-5-3-4-7/h2*6,8H,3-5,7H2,1-2H3. The number of nitrogens with one attached hydrogen (secondary N) is 2. The quantitative estimate of drug-likeness (QED) is 0.464. The summed E-state index contributed by atoms with van der Waals surface area (Å²) in [7, 11) is 0. The van der Waals surface area contributed by atoms with Crippen LogP contribution in [0.3, 0.4) is 0 Å². The van der Waals surface area contributed by atoms with Gasteiger partial charge >= 0.3 is 0 Å². The molecule has 100 valence electrons. The highest BCUT2D eigenvalue weighted by atomic mass is 14.9. The zero-order chi connectivity index (χ0) is 12.8. The summed E-state index contributed by atoms with van der Waals surface area (Å²) in [6.45, 7) is 12.2. The summed E-state index contributed by atoms with van der Waals surface area (Å²) in [5.41, 5.74) is 10.5. The van der Waals surface area contributed by atoms with Gasteiger partial charge in [0.25, 0.3) is 0 Å². The molecule has 0 aliphatic heterocycles. The van der Waals surface area contributed by atoms with E-state index in [1.54, 1.807) is 0 Å². The fraction of sp³-hybridized carbons (Fsp3) is 1.00. The molecule has 0 aromatic carbocycles. The fourth-order valence-corrected chi connectivity index (χ4v) is 0.986. The molecule has 4 heteroatoms. The Kier molecular flexibility index (Phi) is 16.9. The Labute approximate surface area is 102 Å². The molecular formula is C12H32N4. The Morgan fingerprint density at radius 2 is 1.06 bits per heavy atom. The van der Waals surface area contributed by atoms with E-state index < -0.39 is 0 Å². The van der Waals surface area contributed by atoms with Gasteiger partial charge in [-0.3, -0.25) is 0 Å². The summed E-state index contributed by atoms with van der Waals surface area (Å²) in [5, 5.41) is 6.53. The lowest BCUT2D eigenvalue weighted by Gasteiger charge is -2.05. The number of hydrogen-bond donors (Lipinski definition) is 4. The first kappa shape index (κ1) is 18.2. The molecule has 6 N–H and O–H groups in total. The fourth-order valence-electron chi connectivity index (χ4n) is 0.986. The maximum absolute atomic E-state index is 5.27. The van der Waals surface area contributed by atoms with Crippen molar-refractivity contribution in [1.29, 1.82) is 0 Å². The van der Waals surface area contributed by atoms with E-state index in [2.05, 4.69) is 38.3 Å². The molecule has 0 bridgehead atoms. The Hall–Kier alpha value is -0.160. The first-order valence-corrected chi connectivity index (χ1v) is 6.41. The van der Waals surface area contributed by atoms with Crippen molar-refractivity contribution < 1.29 is 0 Å². The van der Waals surface area contributed by atoms with E-state index in [1.807, 2.05) is 0 Å². The monoisotopic (exact) mass is 232 g/mol. The van der Waals surface area contributed by atoms with Gasteiger partial charge in [0.1, 0.15) is 0 Å². The van der Waals surface area contributed by atoms with Gasteiger partial charge in [-0.1, -0.05) is 27.7 Å². The lowest BCUT2D eigenvalue weighted by molar-refractivity contribution is 0.574. The molecular weight excluding hydrogens is 200 g/mol. The van der Waals surface area contributed by atoms with Gasteiger partial charge < -0.3 is 22.1 Å². The maximum atomic E-state index is 5.27. The number of nitrogens with two attached hydrogens (primary N) is 2. The molecule has 0 heterocycles. The van der Waals surface area contributed by atoms with Gasteiger partial charge in [-0.15, -0.1) is 0 Å². The van der Waals surface area contributed by atoms with Crippen LogP contribution >= 0.6 is 0 Å². The molecule has 0 spiro atoms. The molecule has 0 aromatic heterocycles. The van der Waals surface area contributed by atoms with Crippen molar-refractivity contribution >= 4 is 0 Å². The van der Waals surface area contributed by atoms with E-state index in [9.17, 15) is 0 Å². The highest BCUT2D eigenvalue weighted by molar-refractivity contribution is 4.52. The average molecular weight is 232 g/mol. The molecule has 0 saturated heterocycles. The van der Waals surface area contributed by atoms with Crippen LogP contribution in [-0.4, -0.2) is 38.3 Å². The minimum Gasteiger partial charge on any atom is -0.330 e. The van der Waals surface area contributed by atoms with Gasteiger partial charge in [-0.25, -0.2) is 0 Å². The van der Waals surface area contributed by atoms with E-state index in [4.69, 9.17) is 11.5 Å². The molecule has 16 heavy (non-hydrogen) atoms. The normalized spacial score (nSPS) is 10.5. The summed E-state index contributed by atoms with van der Waals surface area (Å²) < 4.78 is 0. The topological polar surface area (TPSA) is 76.1 Å². The zero-order valence-electron chi connectivity index (χ0n) is 11.6. The lowest BCUT2D eigenvalue weighted by atomic mass is 10.3. The molecule has 0 aromatic rings. The third kappa shape index (κ3) is 23.6. The summed E-state index contributed by atoms with van der Waals surface area (Å²) in [6, 6.07) is 1.20. The zero-order valence-corrected chi connectivity index (χ0v) is 11.6. The smallest absolute Gasteiger partial charge is 0.00103 e. The molecule has 0 aliphatic rings. The number of rotatable bonds is 8. The molecule has 0 unspecified atom stereocenters. The Bertz CT molecular complexity index is 102. The van der Waals surface area contributed by atoms with Crippen molar-refractivity contribution in [2.75, 3.05) is 26.2 Å². The maximum Gasteiger partial charge on any atom is 0.00103 e. The van der Waals surface area contributed by atoms with Crippen LogP contribution in [0.15, 0.2) is 0 Å². The van der Waals surface area contributed by atoms with Gasteiger partial charge in [-0.2, -0.15) is 0 Å². The highest BCUT2D eigenvalue weighted by Crippen LogP contribution is 1.76. The second-order valence-corrected chi connectivity index (χ2v) is 4.50. The predicted molar refractivity (Wildman–Crippen MR) is 73.6 cm³/mol. The van der Waals surface area contributed by atoms with Crippen LogP contribution in [0.2, 0.25) is 0 Å². The van der Waals surface area contributed by atoms with Gasteiger partial charge in [0, 0.05) is 12.1 Å². The van der Waals surface area contributed by atoms with Crippen molar-refractivity contribution in [1.82, 2.24) is 10.6 Å². The van der Waals surface area contributed by atoms with Crippen molar-refractivity contribution in [3.63, 3.8) is 0 Å². The van der Waals surface area contributed by atoms with Gasteiger partial charge in [0.15, 0.2) is 0 Å². The van der Waals surface area contributed by atoms with Crippen molar-refractivity contribution in [2.24, 2.45) is 11.5 Å². The van der Waals surface area contributed by atoms with Crippen molar-refractivity contribution in [3.05, 3.63) is 0 Å². The number of hydrogen-bond acceptors (Lipinski definition) is 4. The van der Waals surface area contributed by atoms with Crippen LogP contribution in [0.4, 0.5) is 0 Å². The van der Waals surface area contributed by atoms with Crippen molar-refractivity contribution in [3.8, 4) is 0 Å². The third-order valence-corrected chi connectivity index (χ3v) is 1.87. The van der Waals surface area contributed by atoms with E-state index in [1.165, 1.54) is 0 Å². The molecule has 0 amide bonds. The summed E-state index contributed by atoms with van der Waals surface area (Å²) in [4.78, 5) is 0. The molecule has 0 saturated carbocycles. The highest BCUT2D eigenvalue weighted by Gasteiger charge is 1.88.